The summed E-state index contributed by atoms with van der Waals surface area (Å²) >= 11 is 1.65. The van der Waals surface area contributed by atoms with Crippen LogP contribution in [0, 0.1) is 0 Å². The van der Waals surface area contributed by atoms with Crippen LogP contribution in [0.5, 0.6) is 0 Å². The first-order valence-electron chi connectivity index (χ1n) is 6.70. The van der Waals surface area contributed by atoms with Gasteiger partial charge in [0.1, 0.15) is 0 Å². The van der Waals surface area contributed by atoms with Crippen LogP contribution < -0.4 is 11.1 Å². The van der Waals surface area contributed by atoms with E-state index in [1.165, 1.54) is 0 Å². The molecule has 0 atom stereocenters. The maximum Gasteiger partial charge on any atom is 0.322 e. The van der Waals surface area contributed by atoms with Crippen molar-refractivity contribution in [2.45, 2.75) is 6.04 Å². The van der Waals surface area contributed by atoms with Crippen molar-refractivity contribution in [2.24, 2.45) is 0 Å². The monoisotopic (exact) mass is 303 g/mol. The van der Waals surface area contributed by atoms with E-state index in [4.69, 9.17) is 10.5 Å². The van der Waals surface area contributed by atoms with Gasteiger partial charge in [-0.25, -0.2) is 4.79 Å². The number of benzene rings is 1. The van der Waals surface area contributed by atoms with Crippen LogP contribution in [0.25, 0.3) is 10.4 Å². The molecule has 1 saturated heterocycles. The SMILES string of the molecule is CN(C(=O)Nc1cc(-c2cccs2)ccc1N)C1COC1. The van der Waals surface area contributed by atoms with E-state index in [1.807, 2.05) is 35.7 Å². The predicted octanol–water partition coefficient (Wildman–Crippen LogP) is 2.86. The highest BCUT2D eigenvalue weighted by Crippen LogP contribution is 2.30. The molecule has 5 nitrogen and oxygen atoms in total. The smallest absolute Gasteiger partial charge is 0.322 e. The summed E-state index contributed by atoms with van der Waals surface area (Å²) in [5.74, 6) is 0. The maximum atomic E-state index is 12.2. The number of rotatable bonds is 3. The molecule has 1 aliphatic heterocycles. The molecule has 1 fully saturated rings. The summed E-state index contributed by atoms with van der Waals surface area (Å²) in [6.07, 6.45) is 0. The van der Waals surface area contributed by atoms with Crippen molar-refractivity contribution in [3.63, 3.8) is 0 Å². The van der Waals surface area contributed by atoms with Gasteiger partial charge in [0, 0.05) is 11.9 Å². The van der Waals surface area contributed by atoms with Gasteiger partial charge >= 0.3 is 6.03 Å². The van der Waals surface area contributed by atoms with E-state index in [-0.39, 0.29) is 12.1 Å². The summed E-state index contributed by atoms with van der Waals surface area (Å²) in [5, 5.41) is 4.89. The Kier molecular flexibility index (Phi) is 3.81. The second-order valence-corrected chi connectivity index (χ2v) is 5.96. The van der Waals surface area contributed by atoms with Gasteiger partial charge < -0.3 is 20.7 Å². The highest BCUT2D eigenvalue weighted by molar-refractivity contribution is 7.13. The zero-order valence-electron chi connectivity index (χ0n) is 11.7. The Morgan fingerprint density at radius 3 is 2.86 bits per heavy atom. The molecule has 21 heavy (non-hydrogen) atoms. The fraction of sp³-hybridized carbons (Fsp3) is 0.267. The molecule has 6 heteroatoms. The zero-order chi connectivity index (χ0) is 14.8. The summed E-state index contributed by atoms with van der Waals surface area (Å²) in [6.45, 7) is 1.18. The number of carbonyl (C=O) groups is 1. The van der Waals surface area contributed by atoms with Crippen LogP contribution in [0.1, 0.15) is 0 Å². The number of hydrogen-bond donors (Lipinski definition) is 2. The van der Waals surface area contributed by atoms with Gasteiger partial charge in [-0.1, -0.05) is 12.1 Å². The van der Waals surface area contributed by atoms with Crippen LogP contribution >= 0.6 is 11.3 Å². The van der Waals surface area contributed by atoms with Crippen LogP contribution in [0.2, 0.25) is 0 Å². The van der Waals surface area contributed by atoms with Crippen molar-refractivity contribution in [1.29, 1.82) is 0 Å². The molecule has 2 aromatic rings. The first-order valence-corrected chi connectivity index (χ1v) is 7.58. The van der Waals surface area contributed by atoms with E-state index >= 15 is 0 Å². The Labute approximate surface area is 127 Å². The third kappa shape index (κ3) is 2.86. The molecule has 2 heterocycles. The average molecular weight is 303 g/mol. The molecule has 0 spiro atoms. The fourth-order valence-corrected chi connectivity index (χ4v) is 2.80. The first kappa shape index (κ1) is 13.9. The van der Waals surface area contributed by atoms with Gasteiger partial charge in [-0.2, -0.15) is 0 Å². The number of amides is 2. The molecule has 0 bridgehead atoms. The number of urea groups is 1. The van der Waals surface area contributed by atoms with Crippen LogP contribution in [0.4, 0.5) is 16.2 Å². The maximum absolute atomic E-state index is 12.2. The standard InChI is InChI=1S/C15H17N3O2S/c1-18(11-8-20-9-11)15(19)17-13-7-10(4-5-12(13)16)14-3-2-6-21-14/h2-7,11H,8-9,16H2,1H3,(H,17,19). The molecule has 1 aliphatic rings. The van der Waals surface area contributed by atoms with Gasteiger partial charge in [-0.05, 0) is 29.1 Å². The van der Waals surface area contributed by atoms with E-state index in [0.717, 1.165) is 10.4 Å². The van der Waals surface area contributed by atoms with Crippen LogP contribution in [0.15, 0.2) is 35.7 Å². The fourth-order valence-electron chi connectivity index (χ4n) is 2.08. The molecule has 0 aliphatic carbocycles. The van der Waals surface area contributed by atoms with Gasteiger partial charge in [0.25, 0.3) is 0 Å². The summed E-state index contributed by atoms with van der Waals surface area (Å²) in [6, 6.07) is 9.70. The first-order chi connectivity index (χ1) is 10.1. The lowest BCUT2D eigenvalue weighted by Crippen LogP contribution is -2.51. The van der Waals surface area contributed by atoms with Gasteiger partial charge in [0.15, 0.2) is 0 Å². The Hall–Kier alpha value is -2.05. The van der Waals surface area contributed by atoms with Crippen molar-refractivity contribution in [3.05, 3.63) is 35.7 Å². The van der Waals surface area contributed by atoms with Crippen LogP contribution in [0.3, 0.4) is 0 Å². The van der Waals surface area contributed by atoms with Crippen molar-refractivity contribution in [2.75, 3.05) is 31.3 Å². The number of hydrogen-bond acceptors (Lipinski definition) is 4. The number of nitrogens with one attached hydrogen (secondary N) is 1. The number of likely N-dealkylation sites (N-methyl/N-ethyl adjacent to an activating group) is 1. The summed E-state index contributed by atoms with van der Waals surface area (Å²) in [5.41, 5.74) is 8.20. The summed E-state index contributed by atoms with van der Waals surface area (Å²) in [7, 11) is 1.77. The van der Waals surface area contributed by atoms with E-state index in [2.05, 4.69) is 5.32 Å². The van der Waals surface area contributed by atoms with E-state index in [0.29, 0.717) is 24.6 Å². The van der Waals surface area contributed by atoms with Gasteiger partial charge in [0.05, 0.1) is 30.6 Å². The number of nitrogens with two attached hydrogens (primary N) is 1. The Morgan fingerprint density at radius 1 is 1.43 bits per heavy atom. The third-order valence-electron chi connectivity index (χ3n) is 3.59. The lowest BCUT2D eigenvalue weighted by Gasteiger charge is -2.34. The summed E-state index contributed by atoms with van der Waals surface area (Å²) in [4.78, 5) is 15.0. The normalized spacial score (nSPS) is 14.5. The molecule has 1 aromatic carbocycles. The van der Waals surface area contributed by atoms with Crippen molar-refractivity contribution < 1.29 is 9.53 Å². The molecule has 3 N–H and O–H groups in total. The molecule has 110 valence electrons. The van der Waals surface area contributed by atoms with Gasteiger partial charge in [-0.15, -0.1) is 11.3 Å². The molecule has 0 radical (unpaired) electrons. The van der Waals surface area contributed by atoms with Crippen LogP contribution in [-0.4, -0.2) is 37.2 Å². The largest absolute Gasteiger partial charge is 0.397 e. The minimum atomic E-state index is -0.168. The van der Waals surface area contributed by atoms with Crippen molar-refractivity contribution in [3.8, 4) is 10.4 Å². The number of nitrogen functional groups attached to an aromatic ring is 1. The molecule has 0 saturated carbocycles. The molecule has 0 unspecified atom stereocenters. The molecule has 2 amide bonds. The van der Waals surface area contributed by atoms with E-state index in [1.54, 1.807) is 23.3 Å². The number of thiophene rings is 1. The number of carbonyl (C=O) groups excluding carboxylic acids is 1. The summed E-state index contributed by atoms with van der Waals surface area (Å²) < 4.78 is 5.10. The Balaban J connectivity index is 1.78. The second-order valence-electron chi connectivity index (χ2n) is 5.01. The molecular formula is C15H17N3O2S. The van der Waals surface area contributed by atoms with Crippen molar-refractivity contribution >= 4 is 28.7 Å². The number of anilines is 2. The predicted molar refractivity (Wildman–Crippen MR) is 85.6 cm³/mol. The zero-order valence-corrected chi connectivity index (χ0v) is 12.5. The lowest BCUT2D eigenvalue weighted by molar-refractivity contribution is -0.0401. The molecule has 3 rings (SSSR count). The van der Waals surface area contributed by atoms with E-state index < -0.39 is 0 Å². The number of nitrogens with zero attached hydrogens (tertiary/aromatic N) is 1. The molecular weight excluding hydrogens is 286 g/mol. The quantitative estimate of drug-likeness (QED) is 0.857. The average Bonchev–Trinajstić information content (AvgIpc) is 2.93. The minimum absolute atomic E-state index is 0.145. The number of ether oxygens (including phenoxy) is 1. The Bertz CT molecular complexity index is 638. The third-order valence-corrected chi connectivity index (χ3v) is 4.51. The second kappa shape index (κ2) is 5.75. The lowest BCUT2D eigenvalue weighted by atomic mass is 10.1. The molecule has 1 aromatic heterocycles. The van der Waals surface area contributed by atoms with E-state index in [9.17, 15) is 4.79 Å². The van der Waals surface area contributed by atoms with Crippen LogP contribution in [-0.2, 0) is 4.74 Å². The van der Waals surface area contributed by atoms with Crippen molar-refractivity contribution in [1.82, 2.24) is 4.90 Å². The van der Waals surface area contributed by atoms with Gasteiger partial charge in [0.2, 0.25) is 0 Å². The Morgan fingerprint density at radius 2 is 2.24 bits per heavy atom. The highest BCUT2D eigenvalue weighted by Gasteiger charge is 2.26. The minimum Gasteiger partial charge on any atom is -0.397 e. The highest BCUT2D eigenvalue weighted by atomic mass is 32.1. The van der Waals surface area contributed by atoms with Gasteiger partial charge in [-0.3, -0.25) is 0 Å². The topological polar surface area (TPSA) is 67.6 Å².